The summed E-state index contributed by atoms with van der Waals surface area (Å²) in [5.74, 6) is 0. The number of hydrogen-bond acceptors (Lipinski definition) is 3. The molecular weight excluding hydrogens is 248 g/mol. The van der Waals surface area contributed by atoms with Crippen molar-refractivity contribution in [1.29, 1.82) is 0 Å². The van der Waals surface area contributed by atoms with Crippen LogP contribution in [0, 0.1) is 5.41 Å². The minimum atomic E-state index is 0.381. The van der Waals surface area contributed by atoms with Gasteiger partial charge in [-0.25, -0.2) is 0 Å². The van der Waals surface area contributed by atoms with Crippen molar-refractivity contribution < 1.29 is 0 Å². The molecule has 0 aliphatic rings. The van der Waals surface area contributed by atoms with E-state index in [1.54, 1.807) is 0 Å². The summed E-state index contributed by atoms with van der Waals surface area (Å²) in [6, 6.07) is 0. The van der Waals surface area contributed by atoms with Gasteiger partial charge < -0.3 is 10.2 Å². The highest BCUT2D eigenvalue weighted by Crippen LogP contribution is 2.27. The van der Waals surface area contributed by atoms with Crippen LogP contribution in [0.3, 0.4) is 0 Å². The molecule has 0 bridgehead atoms. The van der Waals surface area contributed by atoms with Gasteiger partial charge in [0.25, 0.3) is 0 Å². The molecule has 0 amide bonds. The van der Waals surface area contributed by atoms with Crippen molar-refractivity contribution in [3.05, 3.63) is 18.0 Å². The van der Waals surface area contributed by atoms with Gasteiger partial charge in [0, 0.05) is 38.4 Å². The molecule has 1 N–H and O–H groups in total. The summed E-state index contributed by atoms with van der Waals surface area (Å²) < 4.78 is 1.87. The van der Waals surface area contributed by atoms with E-state index in [-0.39, 0.29) is 0 Å². The summed E-state index contributed by atoms with van der Waals surface area (Å²) in [5, 5.41) is 7.85. The molecule has 1 heterocycles. The summed E-state index contributed by atoms with van der Waals surface area (Å²) >= 11 is 0. The lowest BCUT2D eigenvalue weighted by Gasteiger charge is -2.36. The van der Waals surface area contributed by atoms with E-state index >= 15 is 0 Å². The lowest BCUT2D eigenvalue weighted by Crippen LogP contribution is -2.42. The maximum absolute atomic E-state index is 4.24. The van der Waals surface area contributed by atoms with Gasteiger partial charge in [-0.2, -0.15) is 5.10 Å². The van der Waals surface area contributed by atoms with Gasteiger partial charge in [0.15, 0.2) is 0 Å². The largest absolute Gasteiger partial charge is 0.316 e. The summed E-state index contributed by atoms with van der Waals surface area (Å²) in [6.07, 6.45) is 7.71. The number of nitrogens with zero attached hydrogens (tertiary/aromatic N) is 3. The predicted octanol–water partition coefficient (Wildman–Crippen LogP) is 2.66. The highest BCUT2D eigenvalue weighted by molar-refractivity contribution is 5.03. The van der Waals surface area contributed by atoms with E-state index in [2.05, 4.69) is 49.3 Å². The number of nitrogens with one attached hydrogen (secondary N) is 1. The van der Waals surface area contributed by atoms with Crippen LogP contribution < -0.4 is 5.32 Å². The van der Waals surface area contributed by atoms with E-state index in [0.717, 1.165) is 26.2 Å². The second-order valence-electron chi connectivity index (χ2n) is 6.08. The molecule has 0 aliphatic heterocycles. The van der Waals surface area contributed by atoms with Crippen LogP contribution in [0.5, 0.6) is 0 Å². The lowest BCUT2D eigenvalue weighted by molar-refractivity contribution is 0.151. The van der Waals surface area contributed by atoms with Gasteiger partial charge >= 0.3 is 0 Å². The van der Waals surface area contributed by atoms with E-state index in [1.807, 2.05) is 17.9 Å². The smallest absolute Gasteiger partial charge is 0.0534 e. The van der Waals surface area contributed by atoms with E-state index < -0.39 is 0 Å². The molecular formula is C16H32N4. The highest BCUT2D eigenvalue weighted by atomic mass is 15.2. The molecule has 0 unspecified atom stereocenters. The highest BCUT2D eigenvalue weighted by Gasteiger charge is 2.27. The zero-order valence-corrected chi connectivity index (χ0v) is 13.9. The molecule has 1 aromatic rings. The van der Waals surface area contributed by atoms with Crippen LogP contribution in [0.25, 0.3) is 0 Å². The molecule has 1 rings (SSSR count). The van der Waals surface area contributed by atoms with Crippen molar-refractivity contribution in [3.63, 3.8) is 0 Å². The van der Waals surface area contributed by atoms with Gasteiger partial charge in [-0.15, -0.1) is 0 Å². The fourth-order valence-corrected chi connectivity index (χ4v) is 2.80. The molecule has 0 saturated heterocycles. The fourth-order valence-electron chi connectivity index (χ4n) is 2.80. The van der Waals surface area contributed by atoms with E-state index in [9.17, 15) is 0 Å². The summed E-state index contributed by atoms with van der Waals surface area (Å²) in [6.45, 7) is 11.2. The maximum atomic E-state index is 4.24. The number of aromatic nitrogens is 2. The Bertz CT molecular complexity index is 368. The van der Waals surface area contributed by atoms with Crippen molar-refractivity contribution in [3.8, 4) is 0 Å². The summed E-state index contributed by atoms with van der Waals surface area (Å²) in [5.41, 5.74) is 1.67. The van der Waals surface area contributed by atoms with E-state index in [4.69, 9.17) is 0 Å². The monoisotopic (exact) mass is 280 g/mol. The average Bonchev–Trinajstić information content (AvgIpc) is 2.83. The van der Waals surface area contributed by atoms with Gasteiger partial charge in [-0.05, 0) is 38.3 Å². The average molecular weight is 280 g/mol. The van der Waals surface area contributed by atoms with Gasteiger partial charge in [0.2, 0.25) is 0 Å². The van der Waals surface area contributed by atoms with Crippen molar-refractivity contribution >= 4 is 0 Å². The molecule has 116 valence electrons. The van der Waals surface area contributed by atoms with Crippen LogP contribution in [-0.4, -0.2) is 41.4 Å². The quantitative estimate of drug-likeness (QED) is 0.669. The number of rotatable bonds is 10. The third-order valence-electron chi connectivity index (χ3n) is 4.24. The molecule has 0 aliphatic carbocycles. The fraction of sp³-hybridized carbons (Fsp3) is 0.812. The first-order chi connectivity index (χ1) is 9.55. The molecule has 4 heteroatoms. The minimum Gasteiger partial charge on any atom is -0.316 e. The Balaban J connectivity index is 2.54. The van der Waals surface area contributed by atoms with Crippen molar-refractivity contribution in [2.45, 2.75) is 46.6 Å². The molecule has 0 aromatic carbocycles. The van der Waals surface area contributed by atoms with Crippen molar-refractivity contribution in [2.24, 2.45) is 12.5 Å². The standard InChI is InChI=1S/C16H32N4/c1-6-9-17-13-16(7-2,8-3)14-19(4)11-15-10-18-20(5)12-15/h10,12,17H,6-9,11,13-14H2,1-5H3. The van der Waals surface area contributed by atoms with Crippen LogP contribution in [0.2, 0.25) is 0 Å². The molecule has 0 fully saturated rings. The molecule has 1 aromatic heterocycles. The lowest BCUT2D eigenvalue weighted by atomic mass is 9.81. The zero-order valence-electron chi connectivity index (χ0n) is 13.9. The topological polar surface area (TPSA) is 33.1 Å². The van der Waals surface area contributed by atoms with Crippen molar-refractivity contribution in [2.75, 3.05) is 26.7 Å². The number of aryl methyl sites for hydroxylation is 1. The van der Waals surface area contributed by atoms with Crippen LogP contribution in [0.4, 0.5) is 0 Å². The van der Waals surface area contributed by atoms with Gasteiger partial charge in [-0.3, -0.25) is 4.68 Å². The Hall–Kier alpha value is -0.870. The summed E-state index contributed by atoms with van der Waals surface area (Å²) in [4.78, 5) is 2.43. The Kier molecular flexibility index (Phi) is 7.24. The third-order valence-corrected chi connectivity index (χ3v) is 4.24. The van der Waals surface area contributed by atoms with E-state index in [1.165, 1.54) is 24.8 Å². The van der Waals surface area contributed by atoms with Crippen LogP contribution in [0.15, 0.2) is 12.4 Å². The first kappa shape index (κ1) is 17.2. The van der Waals surface area contributed by atoms with Crippen molar-refractivity contribution in [1.82, 2.24) is 20.0 Å². The maximum Gasteiger partial charge on any atom is 0.0534 e. The Morgan fingerprint density at radius 2 is 2.00 bits per heavy atom. The zero-order chi connectivity index (χ0) is 15.0. The van der Waals surface area contributed by atoms with Crippen LogP contribution in [0.1, 0.15) is 45.6 Å². The third kappa shape index (κ3) is 5.25. The predicted molar refractivity (Wildman–Crippen MR) is 85.7 cm³/mol. The second kappa shape index (κ2) is 8.42. The van der Waals surface area contributed by atoms with Crippen LogP contribution in [-0.2, 0) is 13.6 Å². The molecule has 0 saturated carbocycles. The number of hydrogen-bond donors (Lipinski definition) is 1. The first-order valence-corrected chi connectivity index (χ1v) is 7.92. The molecule has 0 radical (unpaired) electrons. The minimum absolute atomic E-state index is 0.381. The molecule has 4 nitrogen and oxygen atoms in total. The SMILES string of the molecule is CCCNCC(CC)(CC)CN(C)Cc1cnn(C)c1. The van der Waals surface area contributed by atoms with Crippen LogP contribution >= 0.6 is 0 Å². The van der Waals surface area contributed by atoms with Gasteiger partial charge in [0.05, 0.1) is 6.20 Å². The Morgan fingerprint density at radius 3 is 2.50 bits per heavy atom. The van der Waals surface area contributed by atoms with E-state index in [0.29, 0.717) is 5.41 Å². The Labute approximate surface area is 124 Å². The second-order valence-corrected chi connectivity index (χ2v) is 6.08. The van der Waals surface area contributed by atoms with Gasteiger partial charge in [0.1, 0.15) is 0 Å². The molecule has 0 atom stereocenters. The molecule has 20 heavy (non-hydrogen) atoms. The normalized spacial score (nSPS) is 12.3. The van der Waals surface area contributed by atoms with Gasteiger partial charge in [-0.1, -0.05) is 20.8 Å². The summed E-state index contributed by atoms with van der Waals surface area (Å²) in [7, 11) is 4.19. The molecule has 0 spiro atoms. The first-order valence-electron chi connectivity index (χ1n) is 7.92. The Morgan fingerprint density at radius 1 is 1.30 bits per heavy atom.